The van der Waals surface area contributed by atoms with E-state index in [-0.39, 0.29) is 0 Å². The van der Waals surface area contributed by atoms with E-state index in [4.69, 9.17) is 8.94 Å². The van der Waals surface area contributed by atoms with Gasteiger partial charge in [-0.05, 0) is 50.9 Å². The van der Waals surface area contributed by atoms with E-state index in [9.17, 15) is 0 Å². The van der Waals surface area contributed by atoms with E-state index in [0.29, 0.717) is 29.9 Å². The second-order valence-electron chi connectivity index (χ2n) is 6.34. The summed E-state index contributed by atoms with van der Waals surface area (Å²) in [6.45, 7) is 5.92. The number of hydrogen-bond donors (Lipinski definition) is 0. The first-order valence-corrected chi connectivity index (χ1v) is 8.34. The number of hydrogen-bond acceptors (Lipinski definition) is 6. The van der Waals surface area contributed by atoms with E-state index in [2.05, 4.69) is 37.7 Å². The summed E-state index contributed by atoms with van der Waals surface area (Å²) >= 11 is 0. The molecule has 4 rings (SSSR count). The molecule has 1 fully saturated rings. The third kappa shape index (κ3) is 3.26. The summed E-state index contributed by atoms with van der Waals surface area (Å²) in [5, 5.41) is 3.98. The lowest BCUT2D eigenvalue weighted by Crippen LogP contribution is -2.34. The lowest BCUT2D eigenvalue weighted by molar-refractivity contribution is 0.150. The predicted molar refractivity (Wildman–Crippen MR) is 87.0 cm³/mol. The molecular formula is C17H21N5O2. The molecule has 0 saturated carbocycles. The summed E-state index contributed by atoms with van der Waals surface area (Å²) in [4.78, 5) is 11.1. The fourth-order valence-corrected chi connectivity index (χ4v) is 3.22. The second-order valence-corrected chi connectivity index (χ2v) is 6.34. The van der Waals surface area contributed by atoms with Gasteiger partial charge in [0.15, 0.2) is 5.76 Å². The van der Waals surface area contributed by atoms with Crippen molar-refractivity contribution in [2.75, 3.05) is 13.1 Å². The van der Waals surface area contributed by atoms with Gasteiger partial charge >= 0.3 is 0 Å². The van der Waals surface area contributed by atoms with Crippen molar-refractivity contribution in [1.29, 1.82) is 0 Å². The average molecular weight is 327 g/mol. The zero-order valence-corrected chi connectivity index (χ0v) is 13.8. The molecule has 0 aliphatic carbocycles. The third-order valence-electron chi connectivity index (χ3n) is 4.65. The van der Waals surface area contributed by atoms with E-state index in [1.807, 2.05) is 18.3 Å². The Labute approximate surface area is 140 Å². The summed E-state index contributed by atoms with van der Waals surface area (Å²) in [5.41, 5.74) is 0. The van der Waals surface area contributed by atoms with Gasteiger partial charge in [-0.15, -0.1) is 0 Å². The molecule has 7 nitrogen and oxygen atoms in total. The molecular weight excluding hydrogens is 306 g/mol. The molecule has 0 spiro atoms. The number of likely N-dealkylation sites (tertiary alicyclic amines) is 1. The van der Waals surface area contributed by atoms with Gasteiger partial charge in [0.25, 0.3) is 0 Å². The molecule has 7 heteroatoms. The maximum Gasteiger partial charge on any atom is 0.241 e. The molecule has 126 valence electrons. The highest BCUT2D eigenvalue weighted by molar-refractivity contribution is 5.44. The number of rotatable bonds is 5. The van der Waals surface area contributed by atoms with Crippen molar-refractivity contribution in [1.82, 2.24) is 24.6 Å². The number of nitrogens with zero attached hydrogens (tertiary/aromatic N) is 5. The molecule has 1 aliphatic heterocycles. The minimum atomic E-state index is 0.514. The van der Waals surface area contributed by atoms with Crippen LogP contribution in [0.15, 0.2) is 39.7 Å². The molecule has 0 bridgehead atoms. The summed E-state index contributed by atoms with van der Waals surface area (Å²) in [6, 6.07) is 3.65. The molecule has 4 heterocycles. The molecule has 1 saturated heterocycles. The van der Waals surface area contributed by atoms with Crippen molar-refractivity contribution in [2.45, 2.75) is 32.9 Å². The molecule has 0 aromatic carbocycles. The molecule has 1 aliphatic rings. The number of piperidine rings is 1. The number of furan rings is 1. The van der Waals surface area contributed by atoms with Gasteiger partial charge in [0.1, 0.15) is 5.82 Å². The molecule has 0 N–H and O–H groups in total. The summed E-state index contributed by atoms with van der Waals surface area (Å²) in [5.74, 6) is 3.59. The van der Waals surface area contributed by atoms with Crippen molar-refractivity contribution in [3.8, 4) is 11.6 Å². The monoisotopic (exact) mass is 327 g/mol. The zero-order chi connectivity index (χ0) is 16.4. The Bertz CT molecular complexity index is 769. The van der Waals surface area contributed by atoms with E-state index in [0.717, 1.165) is 25.5 Å². The summed E-state index contributed by atoms with van der Waals surface area (Å²) < 4.78 is 12.9. The Kier molecular flexibility index (Phi) is 4.17. The Morgan fingerprint density at radius 1 is 1.29 bits per heavy atom. The number of imidazole rings is 1. The van der Waals surface area contributed by atoms with Gasteiger partial charge in [0.05, 0.1) is 12.8 Å². The van der Waals surface area contributed by atoms with Crippen LogP contribution in [0, 0.1) is 12.8 Å². The van der Waals surface area contributed by atoms with Gasteiger partial charge in [0, 0.05) is 18.9 Å². The Balaban J connectivity index is 1.30. The van der Waals surface area contributed by atoms with Crippen LogP contribution in [0.4, 0.5) is 0 Å². The molecule has 0 radical (unpaired) electrons. The maximum absolute atomic E-state index is 5.34. The molecule has 3 aromatic heterocycles. The first kappa shape index (κ1) is 15.1. The van der Waals surface area contributed by atoms with Gasteiger partial charge in [0.2, 0.25) is 11.7 Å². The van der Waals surface area contributed by atoms with E-state index < -0.39 is 0 Å². The minimum Gasteiger partial charge on any atom is -0.461 e. The van der Waals surface area contributed by atoms with Crippen molar-refractivity contribution in [3.05, 3.63) is 42.5 Å². The second kappa shape index (κ2) is 6.60. The number of aromatic nitrogens is 4. The van der Waals surface area contributed by atoms with Crippen molar-refractivity contribution < 1.29 is 8.94 Å². The zero-order valence-electron chi connectivity index (χ0n) is 13.8. The van der Waals surface area contributed by atoms with Gasteiger partial charge in [-0.25, -0.2) is 4.98 Å². The van der Waals surface area contributed by atoms with Crippen LogP contribution in [0.1, 0.15) is 24.6 Å². The largest absolute Gasteiger partial charge is 0.461 e. The van der Waals surface area contributed by atoms with Crippen LogP contribution in [0.3, 0.4) is 0 Å². The molecule has 3 aromatic rings. The molecule has 24 heavy (non-hydrogen) atoms. The van der Waals surface area contributed by atoms with Gasteiger partial charge < -0.3 is 13.5 Å². The van der Waals surface area contributed by atoms with E-state index in [1.54, 1.807) is 6.26 Å². The molecule has 0 atom stereocenters. The van der Waals surface area contributed by atoms with Gasteiger partial charge in [-0.3, -0.25) is 4.90 Å². The number of aryl methyl sites for hydroxylation is 1. The van der Waals surface area contributed by atoms with Crippen LogP contribution >= 0.6 is 0 Å². The van der Waals surface area contributed by atoms with Crippen molar-refractivity contribution in [3.63, 3.8) is 0 Å². The topological polar surface area (TPSA) is 73.1 Å². The fraction of sp³-hybridized carbons (Fsp3) is 0.471. The average Bonchev–Trinajstić information content (AvgIpc) is 3.32. The standard InChI is InChI=1S/C17H21N5O2/c1-13-18-6-9-22(13)11-14-4-7-21(8-5-14)12-16-19-17(20-24-16)15-3-2-10-23-15/h2-3,6,9-10,14H,4-5,7-8,11-12H2,1H3. The fourth-order valence-electron chi connectivity index (χ4n) is 3.22. The minimum absolute atomic E-state index is 0.514. The van der Waals surface area contributed by atoms with E-state index >= 15 is 0 Å². The highest BCUT2D eigenvalue weighted by Crippen LogP contribution is 2.22. The van der Waals surface area contributed by atoms with Gasteiger partial charge in [-0.2, -0.15) is 4.98 Å². The van der Waals surface area contributed by atoms with Crippen LogP contribution < -0.4 is 0 Å². The first-order valence-electron chi connectivity index (χ1n) is 8.34. The van der Waals surface area contributed by atoms with Crippen LogP contribution in [-0.2, 0) is 13.1 Å². The van der Waals surface area contributed by atoms with Crippen molar-refractivity contribution in [2.24, 2.45) is 5.92 Å². The maximum atomic E-state index is 5.34. The summed E-state index contributed by atoms with van der Waals surface area (Å²) in [6.07, 6.45) is 7.90. The highest BCUT2D eigenvalue weighted by Gasteiger charge is 2.22. The normalized spacial score (nSPS) is 16.7. The Morgan fingerprint density at radius 3 is 2.88 bits per heavy atom. The summed E-state index contributed by atoms with van der Waals surface area (Å²) in [7, 11) is 0. The Hall–Kier alpha value is -2.41. The van der Waals surface area contributed by atoms with Gasteiger partial charge in [-0.1, -0.05) is 5.16 Å². The third-order valence-corrected chi connectivity index (χ3v) is 4.65. The van der Waals surface area contributed by atoms with Crippen LogP contribution in [0.5, 0.6) is 0 Å². The van der Waals surface area contributed by atoms with E-state index in [1.165, 1.54) is 12.8 Å². The van der Waals surface area contributed by atoms with Crippen molar-refractivity contribution >= 4 is 0 Å². The quantitative estimate of drug-likeness (QED) is 0.717. The lowest BCUT2D eigenvalue weighted by atomic mass is 9.96. The Morgan fingerprint density at radius 2 is 2.17 bits per heavy atom. The SMILES string of the molecule is Cc1nccn1CC1CCN(Cc2nc(-c3ccco3)no2)CC1. The molecule has 0 amide bonds. The lowest BCUT2D eigenvalue weighted by Gasteiger charge is -2.31. The van der Waals surface area contributed by atoms with Crippen LogP contribution in [-0.4, -0.2) is 37.7 Å². The first-order chi connectivity index (χ1) is 11.8. The molecule has 0 unspecified atom stereocenters. The highest BCUT2D eigenvalue weighted by atomic mass is 16.5. The smallest absolute Gasteiger partial charge is 0.241 e. The van der Waals surface area contributed by atoms with Crippen LogP contribution in [0.25, 0.3) is 11.6 Å². The predicted octanol–water partition coefficient (Wildman–Crippen LogP) is 2.75. The van der Waals surface area contributed by atoms with Crippen LogP contribution in [0.2, 0.25) is 0 Å².